The fourth-order valence-electron chi connectivity index (χ4n) is 2.33. The largest absolute Gasteiger partial charge is 0.494 e. The van der Waals surface area contributed by atoms with Crippen LogP contribution in [0, 0.1) is 0 Å². The molecule has 1 saturated heterocycles. The van der Waals surface area contributed by atoms with Crippen LogP contribution in [0.5, 0.6) is 5.75 Å². The lowest BCUT2D eigenvalue weighted by Gasteiger charge is -2.10. The van der Waals surface area contributed by atoms with Gasteiger partial charge in [0.15, 0.2) is 0 Å². The Balaban J connectivity index is 1.67. The van der Waals surface area contributed by atoms with Crippen molar-refractivity contribution in [1.82, 2.24) is 0 Å². The van der Waals surface area contributed by atoms with Crippen molar-refractivity contribution in [3.05, 3.63) is 29.8 Å². The first kappa shape index (κ1) is 13.4. The van der Waals surface area contributed by atoms with Gasteiger partial charge in [-0.2, -0.15) is 0 Å². The third-order valence-electron chi connectivity index (χ3n) is 3.29. The van der Waals surface area contributed by atoms with Gasteiger partial charge < -0.3 is 15.2 Å². The lowest BCUT2D eigenvalue weighted by atomic mass is 10.1. The van der Waals surface area contributed by atoms with E-state index in [1.54, 1.807) is 0 Å². The van der Waals surface area contributed by atoms with Gasteiger partial charge in [0.2, 0.25) is 0 Å². The van der Waals surface area contributed by atoms with Gasteiger partial charge in [-0.05, 0) is 56.3 Å². The second kappa shape index (κ2) is 7.39. The molecule has 1 unspecified atom stereocenters. The summed E-state index contributed by atoms with van der Waals surface area (Å²) in [5.74, 6) is 0.952. The van der Waals surface area contributed by atoms with Gasteiger partial charge in [-0.3, -0.25) is 0 Å². The number of benzene rings is 1. The van der Waals surface area contributed by atoms with Crippen LogP contribution in [0.25, 0.3) is 0 Å². The Kier molecular flexibility index (Phi) is 5.49. The average Bonchev–Trinajstić information content (AvgIpc) is 2.89. The maximum absolute atomic E-state index is 5.76. The molecule has 1 fully saturated rings. The highest BCUT2D eigenvalue weighted by atomic mass is 16.5. The summed E-state index contributed by atoms with van der Waals surface area (Å²) in [7, 11) is 0. The molecule has 0 bridgehead atoms. The zero-order valence-corrected chi connectivity index (χ0v) is 10.9. The predicted octanol–water partition coefficient (Wildman–Crippen LogP) is 2.53. The summed E-state index contributed by atoms with van der Waals surface area (Å²) in [6.45, 7) is 2.39. The summed E-state index contributed by atoms with van der Waals surface area (Å²) in [5.41, 5.74) is 6.79. The second-order valence-electron chi connectivity index (χ2n) is 4.81. The SMILES string of the molecule is NCCc1cccc(OCCCC2CCCO2)c1. The molecule has 1 heterocycles. The van der Waals surface area contributed by atoms with Gasteiger partial charge in [0.1, 0.15) is 5.75 Å². The minimum atomic E-state index is 0.470. The number of ether oxygens (including phenoxy) is 2. The number of hydrogen-bond acceptors (Lipinski definition) is 3. The molecule has 0 aromatic heterocycles. The molecule has 1 aromatic rings. The van der Waals surface area contributed by atoms with Crippen LogP contribution in [-0.2, 0) is 11.2 Å². The quantitative estimate of drug-likeness (QED) is 0.755. The number of nitrogens with two attached hydrogens (primary N) is 1. The van der Waals surface area contributed by atoms with Crippen molar-refractivity contribution in [2.24, 2.45) is 5.73 Å². The molecule has 3 heteroatoms. The van der Waals surface area contributed by atoms with Gasteiger partial charge in [-0.25, -0.2) is 0 Å². The van der Waals surface area contributed by atoms with Crippen molar-refractivity contribution in [1.29, 1.82) is 0 Å². The number of hydrogen-bond donors (Lipinski definition) is 1. The van der Waals surface area contributed by atoms with Crippen molar-refractivity contribution in [2.75, 3.05) is 19.8 Å². The maximum atomic E-state index is 5.76. The monoisotopic (exact) mass is 249 g/mol. The van der Waals surface area contributed by atoms with Crippen LogP contribution in [0.1, 0.15) is 31.2 Å². The minimum absolute atomic E-state index is 0.470. The van der Waals surface area contributed by atoms with Crippen LogP contribution in [0.15, 0.2) is 24.3 Å². The first-order chi connectivity index (χ1) is 8.88. The standard InChI is InChI=1S/C15H23NO2/c16-9-8-13-4-1-5-15(12-13)18-11-3-7-14-6-2-10-17-14/h1,4-5,12,14H,2-3,6-11,16H2. The molecular formula is C15H23NO2. The van der Waals surface area contributed by atoms with Crippen LogP contribution >= 0.6 is 0 Å². The molecule has 2 rings (SSSR count). The molecule has 1 aliphatic heterocycles. The van der Waals surface area contributed by atoms with Crippen molar-refractivity contribution < 1.29 is 9.47 Å². The van der Waals surface area contributed by atoms with E-state index < -0.39 is 0 Å². The lowest BCUT2D eigenvalue weighted by Crippen LogP contribution is -2.08. The second-order valence-corrected chi connectivity index (χ2v) is 4.81. The summed E-state index contributed by atoms with van der Waals surface area (Å²) in [6.07, 6.45) is 5.98. The van der Waals surface area contributed by atoms with Crippen LogP contribution in [-0.4, -0.2) is 25.9 Å². The summed E-state index contributed by atoms with van der Waals surface area (Å²) in [6, 6.07) is 8.21. The molecule has 0 amide bonds. The van der Waals surface area contributed by atoms with Crippen LogP contribution in [0.3, 0.4) is 0 Å². The first-order valence-electron chi connectivity index (χ1n) is 6.92. The smallest absolute Gasteiger partial charge is 0.119 e. The van der Waals surface area contributed by atoms with Crippen molar-refractivity contribution in [2.45, 2.75) is 38.2 Å². The Morgan fingerprint density at radius 2 is 2.33 bits per heavy atom. The molecule has 0 aliphatic carbocycles. The maximum Gasteiger partial charge on any atom is 0.119 e. The van der Waals surface area contributed by atoms with Crippen molar-refractivity contribution in [3.8, 4) is 5.75 Å². The summed E-state index contributed by atoms with van der Waals surface area (Å²) >= 11 is 0. The Hall–Kier alpha value is -1.06. The molecule has 0 radical (unpaired) electrons. The fraction of sp³-hybridized carbons (Fsp3) is 0.600. The van der Waals surface area contributed by atoms with E-state index in [2.05, 4.69) is 12.1 Å². The highest BCUT2D eigenvalue weighted by Gasteiger charge is 2.14. The first-order valence-corrected chi connectivity index (χ1v) is 6.92. The zero-order valence-electron chi connectivity index (χ0n) is 10.9. The van der Waals surface area contributed by atoms with Gasteiger partial charge in [-0.1, -0.05) is 12.1 Å². The van der Waals surface area contributed by atoms with E-state index in [1.807, 2.05) is 12.1 Å². The summed E-state index contributed by atoms with van der Waals surface area (Å²) in [4.78, 5) is 0. The molecule has 100 valence electrons. The van der Waals surface area contributed by atoms with Gasteiger partial charge >= 0.3 is 0 Å². The van der Waals surface area contributed by atoms with E-state index in [0.29, 0.717) is 12.6 Å². The predicted molar refractivity (Wildman–Crippen MR) is 72.9 cm³/mol. The molecule has 2 N–H and O–H groups in total. The molecule has 1 aromatic carbocycles. The third-order valence-corrected chi connectivity index (χ3v) is 3.29. The van der Waals surface area contributed by atoms with Crippen molar-refractivity contribution >= 4 is 0 Å². The lowest BCUT2D eigenvalue weighted by molar-refractivity contribution is 0.0981. The Bertz CT molecular complexity index is 348. The number of rotatable bonds is 7. The van der Waals surface area contributed by atoms with Crippen molar-refractivity contribution in [3.63, 3.8) is 0 Å². The van der Waals surface area contributed by atoms with Crippen LogP contribution in [0.2, 0.25) is 0 Å². The van der Waals surface area contributed by atoms with E-state index in [9.17, 15) is 0 Å². The summed E-state index contributed by atoms with van der Waals surface area (Å²) in [5, 5.41) is 0. The van der Waals surface area contributed by atoms with Crippen LogP contribution in [0.4, 0.5) is 0 Å². The average molecular weight is 249 g/mol. The molecule has 0 spiro atoms. The molecule has 18 heavy (non-hydrogen) atoms. The Morgan fingerprint density at radius 3 is 3.11 bits per heavy atom. The van der Waals surface area contributed by atoms with E-state index in [-0.39, 0.29) is 0 Å². The minimum Gasteiger partial charge on any atom is -0.494 e. The third kappa shape index (κ3) is 4.31. The van der Waals surface area contributed by atoms with Gasteiger partial charge in [0.05, 0.1) is 12.7 Å². The fourth-order valence-corrected chi connectivity index (χ4v) is 2.33. The van der Waals surface area contributed by atoms with Gasteiger partial charge in [0, 0.05) is 6.61 Å². The zero-order chi connectivity index (χ0) is 12.6. The molecule has 1 atom stereocenters. The normalized spacial score (nSPS) is 19.1. The van der Waals surface area contributed by atoms with Gasteiger partial charge in [0.25, 0.3) is 0 Å². The van der Waals surface area contributed by atoms with Crippen LogP contribution < -0.4 is 10.5 Å². The van der Waals surface area contributed by atoms with E-state index >= 15 is 0 Å². The Morgan fingerprint density at radius 1 is 1.39 bits per heavy atom. The topological polar surface area (TPSA) is 44.5 Å². The van der Waals surface area contributed by atoms with E-state index in [1.165, 1.54) is 18.4 Å². The van der Waals surface area contributed by atoms with Gasteiger partial charge in [-0.15, -0.1) is 0 Å². The molecule has 3 nitrogen and oxygen atoms in total. The van der Waals surface area contributed by atoms with E-state index in [0.717, 1.165) is 38.2 Å². The highest BCUT2D eigenvalue weighted by molar-refractivity contribution is 5.28. The van der Waals surface area contributed by atoms with E-state index in [4.69, 9.17) is 15.2 Å². The Labute approximate surface area is 109 Å². The summed E-state index contributed by atoms with van der Waals surface area (Å²) < 4.78 is 11.3. The highest BCUT2D eigenvalue weighted by Crippen LogP contribution is 2.18. The molecular weight excluding hydrogens is 226 g/mol. The molecule has 1 aliphatic rings. The molecule has 0 saturated carbocycles.